The number of hydrogen-bond acceptors (Lipinski definition) is 6. The van der Waals surface area contributed by atoms with E-state index in [-0.39, 0.29) is 27.8 Å². The average Bonchev–Trinajstić information content (AvgIpc) is 3.02. The Morgan fingerprint density at radius 3 is 2.00 bits per heavy atom. The number of methoxy groups -OCH3 is 1. The first-order valence-electron chi connectivity index (χ1n) is 15.7. The minimum atomic E-state index is -4.12. The van der Waals surface area contributed by atoms with Crippen LogP contribution >= 0.6 is 0 Å². The van der Waals surface area contributed by atoms with Crippen LogP contribution in [0.25, 0.3) is 11.4 Å². The third-order valence-corrected chi connectivity index (χ3v) is 15.2. The summed E-state index contributed by atoms with van der Waals surface area (Å²) in [6.45, 7) is 14.3. The van der Waals surface area contributed by atoms with E-state index in [0.29, 0.717) is 5.70 Å². The first-order valence-corrected chi connectivity index (χ1v) is 20.1. The number of nitrogens with zero attached hydrogens (tertiary/aromatic N) is 2. The molecule has 1 unspecified atom stereocenters. The third-order valence-electron chi connectivity index (χ3n) is 9.14. The van der Waals surface area contributed by atoms with Gasteiger partial charge in [0.05, 0.1) is 30.3 Å². The lowest BCUT2D eigenvalue weighted by Gasteiger charge is -2.43. The summed E-state index contributed by atoms with van der Waals surface area (Å²) in [7, 11) is -5.37. The van der Waals surface area contributed by atoms with Crippen molar-refractivity contribution in [3.63, 3.8) is 0 Å². The number of benzene rings is 3. The standard InChI is InChI=1S/C38H44N2O5SSi/c1-27-17-21-30(22-18-27)32-15-12-16-33-36(37(41)44-6)35(45-47(7,8)38(3,4)5)26-39(46(42,43)31-23-19-28(2)20-24-31)25-34(40(32)33)29-13-10-9-11-14-29/h9-25,33H,26H2,1-8H3/b34-25-,36-35-. The lowest BCUT2D eigenvalue weighted by Crippen LogP contribution is -2.46. The SMILES string of the molecule is COC(=O)/C1=C(\O[Si](C)(C)C(C)(C)C)CN(S(=O)(=O)c2ccc(C)cc2)/C=C(/c2ccccc2)N2C(c3ccc(C)cc3)=CC=CC12. The number of fused-ring (bicyclic) bond motifs is 1. The Balaban J connectivity index is 1.86. The lowest BCUT2D eigenvalue weighted by molar-refractivity contribution is -0.136. The smallest absolute Gasteiger partial charge is 0.339 e. The van der Waals surface area contributed by atoms with Crippen LogP contribution in [0.3, 0.4) is 0 Å². The Morgan fingerprint density at radius 1 is 0.851 bits per heavy atom. The summed E-state index contributed by atoms with van der Waals surface area (Å²) in [5.41, 5.74) is 5.42. The fraction of sp³-hybridized carbons (Fsp3) is 0.289. The molecule has 0 bridgehead atoms. The van der Waals surface area contributed by atoms with Crippen LogP contribution in [-0.2, 0) is 24.0 Å². The Morgan fingerprint density at radius 2 is 1.43 bits per heavy atom. The van der Waals surface area contributed by atoms with Crippen molar-refractivity contribution in [3.05, 3.63) is 137 Å². The number of sulfonamides is 1. The van der Waals surface area contributed by atoms with Crippen LogP contribution in [0.15, 0.2) is 120 Å². The van der Waals surface area contributed by atoms with Gasteiger partial charge in [0.1, 0.15) is 11.3 Å². The highest BCUT2D eigenvalue weighted by atomic mass is 32.2. The van der Waals surface area contributed by atoms with Gasteiger partial charge >= 0.3 is 5.97 Å². The third kappa shape index (κ3) is 6.87. The van der Waals surface area contributed by atoms with Gasteiger partial charge in [0, 0.05) is 11.9 Å². The molecule has 9 heteroatoms. The number of carbonyl (C=O) groups excluding carboxylic acids is 1. The van der Waals surface area contributed by atoms with Gasteiger partial charge < -0.3 is 14.1 Å². The van der Waals surface area contributed by atoms with Crippen molar-refractivity contribution in [2.24, 2.45) is 0 Å². The fourth-order valence-electron chi connectivity index (χ4n) is 5.38. The molecule has 0 fully saturated rings. The molecule has 0 spiro atoms. The Bertz CT molecular complexity index is 1870. The molecule has 0 radical (unpaired) electrons. The van der Waals surface area contributed by atoms with E-state index in [2.05, 4.69) is 33.9 Å². The summed E-state index contributed by atoms with van der Waals surface area (Å²) in [6, 6.07) is 23.9. The highest BCUT2D eigenvalue weighted by Crippen LogP contribution is 2.43. The highest BCUT2D eigenvalue weighted by Gasteiger charge is 2.44. The minimum Gasteiger partial charge on any atom is -0.545 e. The summed E-state index contributed by atoms with van der Waals surface area (Å²) in [5.74, 6) is -0.294. The summed E-state index contributed by atoms with van der Waals surface area (Å²) in [4.78, 5) is 16.2. The van der Waals surface area contributed by atoms with Crippen molar-refractivity contribution in [2.75, 3.05) is 13.7 Å². The van der Waals surface area contributed by atoms with E-state index in [1.807, 2.05) is 91.6 Å². The number of carbonyl (C=O) groups is 1. The van der Waals surface area contributed by atoms with E-state index in [1.54, 1.807) is 30.5 Å². The first-order chi connectivity index (χ1) is 22.1. The Kier molecular flexibility index (Phi) is 9.44. The molecule has 0 saturated heterocycles. The van der Waals surface area contributed by atoms with Gasteiger partial charge in [0.2, 0.25) is 8.32 Å². The summed E-state index contributed by atoms with van der Waals surface area (Å²) in [6.07, 6.45) is 7.55. The van der Waals surface area contributed by atoms with Crippen molar-refractivity contribution in [3.8, 4) is 0 Å². The number of rotatable bonds is 7. The van der Waals surface area contributed by atoms with Crippen LogP contribution in [0, 0.1) is 13.8 Å². The van der Waals surface area contributed by atoms with Gasteiger partial charge in [-0.3, -0.25) is 4.31 Å². The van der Waals surface area contributed by atoms with E-state index in [4.69, 9.17) is 9.16 Å². The zero-order chi connectivity index (χ0) is 34.1. The zero-order valence-electron chi connectivity index (χ0n) is 28.4. The van der Waals surface area contributed by atoms with Crippen molar-refractivity contribution >= 4 is 35.7 Å². The summed E-state index contributed by atoms with van der Waals surface area (Å²) in [5, 5.41) is -0.232. The van der Waals surface area contributed by atoms with Crippen LogP contribution in [-0.4, -0.2) is 51.6 Å². The summed E-state index contributed by atoms with van der Waals surface area (Å²) >= 11 is 0. The average molecular weight is 669 g/mol. The largest absolute Gasteiger partial charge is 0.545 e. The first kappa shape index (κ1) is 34.0. The van der Waals surface area contributed by atoms with Crippen LogP contribution in [0.4, 0.5) is 0 Å². The number of esters is 1. The van der Waals surface area contributed by atoms with Gasteiger partial charge in [-0.25, -0.2) is 13.2 Å². The molecule has 246 valence electrons. The molecule has 0 amide bonds. The number of allylic oxidation sites excluding steroid dienone is 2. The number of hydrogen-bond donors (Lipinski definition) is 0. The van der Waals surface area contributed by atoms with E-state index in [0.717, 1.165) is 28.0 Å². The molecule has 3 aromatic carbocycles. The fourth-order valence-corrected chi connectivity index (χ4v) is 7.76. The van der Waals surface area contributed by atoms with Crippen molar-refractivity contribution < 1.29 is 22.4 Å². The molecule has 0 N–H and O–H groups in total. The molecular weight excluding hydrogens is 625 g/mol. The Hall–Kier alpha value is -4.34. The number of ether oxygens (including phenoxy) is 1. The van der Waals surface area contributed by atoms with Gasteiger partial charge in [0.25, 0.3) is 10.0 Å². The van der Waals surface area contributed by atoms with Crippen LogP contribution in [0.1, 0.15) is 43.0 Å². The van der Waals surface area contributed by atoms with E-state index < -0.39 is 30.4 Å². The quantitative estimate of drug-likeness (QED) is 0.187. The van der Waals surface area contributed by atoms with Crippen molar-refractivity contribution in [1.29, 1.82) is 0 Å². The molecular formula is C38H44N2O5SSi. The maximum Gasteiger partial charge on any atom is 0.339 e. The van der Waals surface area contributed by atoms with Crippen LogP contribution < -0.4 is 0 Å². The van der Waals surface area contributed by atoms with Crippen LogP contribution in [0.5, 0.6) is 0 Å². The Labute approximate surface area is 280 Å². The topological polar surface area (TPSA) is 76.1 Å². The highest BCUT2D eigenvalue weighted by molar-refractivity contribution is 7.89. The van der Waals surface area contributed by atoms with E-state index in [1.165, 1.54) is 11.4 Å². The predicted octanol–water partition coefficient (Wildman–Crippen LogP) is 8.04. The van der Waals surface area contributed by atoms with Gasteiger partial charge in [-0.15, -0.1) is 0 Å². The van der Waals surface area contributed by atoms with Gasteiger partial charge in [-0.05, 0) is 61.3 Å². The molecule has 2 aliphatic rings. The maximum atomic E-state index is 14.6. The van der Waals surface area contributed by atoms with Crippen molar-refractivity contribution in [2.45, 2.75) is 63.7 Å². The number of aryl methyl sites for hydroxylation is 2. The molecule has 2 aliphatic heterocycles. The molecule has 0 aliphatic carbocycles. The van der Waals surface area contributed by atoms with E-state index >= 15 is 0 Å². The maximum absolute atomic E-state index is 14.6. The lowest BCUT2D eigenvalue weighted by atomic mass is 9.94. The summed E-state index contributed by atoms with van der Waals surface area (Å²) < 4.78 is 42.9. The second-order valence-electron chi connectivity index (χ2n) is 13.6. The van der Waals surface area contributed by atoms with Gasteiger partial charge in [0.15, 0.2) is 0 Å². The van der Waals surface area contributed by atoms with Crippen LogP contribution in [0.2, 0.25) is 18.1 Å². The molecule has 0 saturated carbocycles. The monoisotopic (exact) mass is 668 g/mol. The molecule has 2 heterocycles. The van der Waals surface area contributed by atoms with E-state index in [9.17, 15) is 13.2 Å². The second kappa shape index (κ2) is 13.0. The molecule has 3 aromatic rings. The molecule has 7 nitrogen and oxygen atoms in total. The minimum absolute atomic E-state index is 0.142. The molecule has 1 atom stereocenters. The molecule has 47 heavy (non-hydrogen) atoms. The molecule has 5 rings (SSSR count). The zero-order valence-corrected chi connectivity index (χ0v) is 30.3. The van der Waals surface area contributed by atoms with Crippen molar-refractivity contribution in [1.82, 2.24) is 9.21 Å². The predicted molar refractivity (Wildman–Crippen MR) is 191 cm³/mol. The van der Waals surface area contributed by atoms with Gasteiger partial charge in [-0.2, -0.15) is 0 Å². The second-order valence-corrected chi connectivity index (χ2v) is 20.2. The van der Waals surface area contributed by atoms with Gasteiger partial charge in [-0.1, -0.05) is 111 Å². The normalized spacial score (nSPS) is 20.0. The molecule has 0 aromatic heterocycles.